The summed E-state index contributed by atoms with van der Waals surface area (Å²) in [7, 11) is 0. The Hall–Kier alpha value is -2.54. The number of H-pyrrole nitrogens is 1. The maximum Gasteiger partial charge on any atom is 0.260 e. The van der Waals surface area contributed by atoms with Crippen molar-refractivity contribution in [2.24, 2.45) is 5.73 Å². The van der Waals surface area contributed by atoms with E-state index in [9.17, 15) is 9.59 Å². The third-order valence-corrected chi connectivity index (χ3v) is 2.31. The summed E-state index contributed by atoms with van der Waals surface area (Å²) in [6.07, 6.45) is 2.89. The molecule has 0 radical (unpaired) electrons. The van der Waals surface area contributed by atoms with E-state index < -0.39 is 11.5 Å². The largest absolute Gasteiger partial charge is 0.388 e. The fraction of sp³-hybridized carbons (Fsp3) is 0.0909. The molecule has 0 unspecified atom stereocenters. The zero-order chi connectivity index (χ0) is 13.1. The number of aromatic nitrogens is 3. The second-order valence-corrected chi connectivity index (χ2v) is 3.51. The summed E-state index contributed by atoms with van der Waals surface area (Å²) < 4.78 is 0. The average molecular weight is 246 g/mol. The molecule has 0 aromatic carbocycles. The number of carbonyl (C=O) groups is 1. The molecule has 0 fully saturated rings. The average Bonchev–Trinajstić information content (AvgIpc) is 2.39. The molecule has 7 heteroatoms. The van der Waals surface area contributed by atoms with Crippen molar-refractivity contribution in [3.8, 4) is 11.3 Å². The van der Waals surface area contributed by atoms with Gasteiger partial charge in [-0.25, -0.2) is 9.97 Å². The molecule has 0 atom stereocenters. The van der Waals surface area contributed by atoms with Crippen LogP contribution in [0.4, 0.5) is 0 Å². The lowest BCUT2D eigenvalue weighted by Gasteiger charge is -2.03. The van der Waals surface area contributed by atoms with E-state index in [1.807, 2.05) is 0 Å². The minimum Gasteiger partial charge on any atom is -0.388 e. The molecule has 0 saturated heterocycles. The molecule has 18 heavy (non-hydrogen) atoms. The van der Waals surface area contributed by atoms with Crippen molar-refractivity contribution >= 4 is 5.91 Å². The first kappa shape index (κ1) is 11.9. The number of pyridine rings is 1. The number of aliphatic hydroxyl groups is 1. The lowest BCUT2D eigenvalue weighted by Crippen LogP contribution is -2.23. The number of nitrogens with one attached hydrogen (secondary N) is 1. The van der Waals surface area contributed by atoms with Crippen molar-refractivity contribution in [1.82, 2.24) is 15.0 Å². The molecule has 0 aliphatic heterocycles. The van der Waals surface area contributed by atoms with E-state index in [0.29, 0.717) is 11.3 Å². The van der Waals surface area contributed by atoms with Crippen LogP contribution in [0.5, 0.6) is 0 Å². The Morgan fingerprint density at radius 3 is 2.94 bits per heavy atom. The first-order chi connectivity index (χ1) is 8.61. The van der Waals surface area contributed by atoms with Gasteiger partial charge in [0.15, 0.2) is 5.82 Å². The SMILES string of the molecule is NC(=O)c1cc(-c2ccnc(CO)n2)c[nH]c1=O. The van der Waals surface area contributed by atoms with E-state index in [4.69, 9.17) is 10.8 Å². The normalized spacial score (nSPS) is 10.3. The van der Waals surface area contributed by atoms with Crippen LogP contribution in [0.1, 0.15) is 16.2 Å². The summed E-state index contributed by atoms with van der Waals surface area (Å²) in [6.45, 7) is -0.292. The first-order valence-electron chi connectivity index (χ1n) is 5.07. The summed E-state index contributed by atoms with van der Waals surface area (Å²) in [5.41, 5.74) is 5.38. The van der Waals surface area contributed by atoms with Crippen molar-refractivity contribution < 1.29 is 9.90 Å². The van der Waals surface area contributed by atoms with Gasteiger partial charge in [0.2, 0.25) is 0 Å². The molecule has 92 valence electrons. The fourth-order valence-corrected chi connectivity index (χ4v) is 1.45. The van der Waals surface area contributed by atoms with Crippen molar-refractivity contribution in [1.29, 1.82) is 0 Å². The number of nitrogens with two attached hydrogens (primary N) is 1. The molecule has 1 amide bonds. The Balaban J connectivity index is 2.54. The zero-order valence-corrected chi connectivity index (χ0v) is 9.25. The minimum atomic E-state index is -0.811. The lowest BCUT2D eigenvalue weighted by atomic mass is 10.1. The van der Waals surface area contributed by atoms with E-state index >= 15 is 0 Å². The van der Waals surface area contributed by atoms with Gasteiger partial charge in [-0.3, -0.25) is 9.59 Å². The van der Waals surface area contributed by atoms with Crippen molar-refractivity contribution in [3.05, 3.63) is 46.3 Å². The number of hydrogen-bond donors (Lipinski definition) is 3. The molecule has 0 bridgehead atoms. The number of aromatic amines is 1. The monoisotopic (exact) mass is 246 g/mol. The van der Waals surface area contributed by atoms with E-state index in [1.165, 1.54) is 18.5 Å². The van der Waals surface area contributed by atoms with Gasteiger partial charge in [0.25, 0.3) is 11.5 Å². The summed E-state index contributed by atoms with van der Waals surface area (Å²) >= 11 is 0. The molecular formula is C11H10N4O3. The highest BCUT2D eigenvalue weighted by Crippen LogP contribution is 2.15. The van der Waals surface area contributed by atoms with Crippen LogP contribution >= 0.6 is 0 Å². The minimum absolute atomic E-state index is 0.142. The summed E-state index contributed by atoms with van der Waals surface area (Å²) in [5.74, 6) is -0.561. The number of aliphatic hydroxyl groups excluding tert-OH is 1. The van der Waals surface area contributed by atoms with Gasteiger partial charge < -0.3 is 15.8 Å². The van der Waals surface area contributed by atoms with Crippen molar-refractivity contribution in [3.63, 3.8) is 0 Å². The molecule has 2 rings (SSSR count). The molecule has 2 aromatic rings. The van der Waals surface area contributed by atoms with Gasteiger partial charge in [-0.2, -0.15) is 0 Å². The van der Waals surface area contributed by atoms with Gasteiger partial charge >= 0.3 is 0 Å². The van der Waals surface area contributed by atoms with Crippen molar-refractivity contribution in [2.45, 2.75) is 6.61 Å². The number of amides is 1. The van der Waals surface area contributed by atoms with E-state index in [0.717, 1.165) is 0 Å². The van der Waals surface area contributed by atoms with Gasteiger partial charge in [0.1, 0.15) is 12.2 Å². The summed E-state index contributed by atoms with van der Waals surface area (Å²) in [4.78, 5) is 32.7. The van der Waals surface area contributed by atoms with E-state index in [-0.39, 0.29) is 18.0 Å². The molecule has 4 N–H and O–H groups in total. The van der Waals surface area contributed by atoms with Gasteiger partial charge in [-0.15, -0.1) is 0 Å². The smallest absolute Gasteiger partial charge is 0.260 e. The number of primary amides is 1. The molecule has 2 aromatic heterocycles. The lowest BCUT2D eigenvalue weighted by molar-refractivity contribution is 0.0999. The van der Waals surface area contributed by atoms with Crippen LogP contribution in [-0.2, 0) is 6.61 Å². The molecule has 7 nitrogen and oxygen atoms in total. The van der Waals surface area contributed by atoms with Gasteiger partial charge in [-0.05, 0) is 12.1 Å². The Morgan fingerprint density at radius 1 is 1.50 bits per heavy atom. The third kappa shape index (κ3) is 2.25. The Bertz CT molecular complexity index is 651. The van der Waals surface area contributed by atoms with Crippen LogP contribution in [0.2, 0.25) is 0 Å². The predicted octanol–water partition coefficient (Wildman–Crippen LogP) is -0.577. The van der Waals surface area contributed by atoms with Crippen LogP contribution in [0.25, 0.3) is 11.3 Å². The highest BCUT2D eigenvalue weighted by Gasteiger charge is 2.09. The molecule has 0 aliphatic rings. The summed E-state index contributed by atoms with van der Waals surface area (Å²) in [5, 5.41) is 8.94. The number of carbonyl (C=O) groups excluding carboxylic acids is 1. The van der Waals surface area contributed by atoms with E-state index in [1.54, 1.807) is 6.07 Å². The number of hydrogen-bond acceptors (Lipinski definition) is 5. The Kier molecular flexibility index (Phi) is 3.16. The third-order valence-electron chi connectivity index (χ3n) is 2.31. The standard InChI is InChI=1S/C11H10N4O3/c12-10(17)7-3-6(4-14-11(7)18)8-1-2-13-9(5-16)15-8/h1-4,16H,5H2,(H2,12,17)(H,14,18). The second kappa shape index (κ2) is 4.76. The zero-order valence-electron chi connectivity index (χ0n) is 9.25. The van der Waals surface area contributed by atoms with Crippen LogP contribution in [0.15, 0.2) is 29.3 Å². The van der Waals surface area contributed by atoms with Crippen LogP contribution in [0.3, 0.4) is 0 Å². The quantitative estimate of drug-likeness (QED) is 0.669. The van der Waals surface area contributed by atoms with Gasteiger partial charge in [-0.1, -0.05) is 0 Å². The maximum atomic E-state index is 11.3. The molecule has 0 aliphatic carbocycles. The van der Waals surface area contributed by atoms with Crippen LogP contribution in [0, 0.1) is 0 Å². The first-order valence-corrected chi connectivity index (χ1v) is 5.07. The van der Waals surface area contributed by atoms with Gasteiger partial charge in [0.05, 0.1) is 5.69 Å². The second-order valence-electron chi connectivity index (χ2n) is 3.51. The van der Waals surface area contributed by atoms with Crippen molar-refractivity contribution in [2.75, 3.05) is 0 Å². The molecule has 0 saturated carbocycles. The molecule has 2 heterocycles. The maximum absolute atomic E-state index is 11.3. The predicted molar refractivity (Wildman–Crippen MR) is 62.5 cm³/mol. The van der Waals surface area contributed by atoms with Crippen LogP contribution < -0.4 is 11.3 Å². The highest BCUT2D eigenvalue weighted by molar-refractivity contribution is 5.93. The van der Waals surface area contributed by atoms with Crippen LogP contribution in [-0.4, -0.2) is 26.0 Å². The number of rotatable bonds is 3. The molecular weight excluding hydrogens is 236 g/mol. The summed E-state index contributed by atoms with van der Waals surface area (Å²) in [6, 6.07) is 2.95. The van der Waals surface area contributed by atoms with E-state index in [2.05, 4.69) is 15.0 Å². The van der Waals surface area contributed by atoms with Gasteiger partial charge in [0, 0.05) is 18.0 Å². The Labute approximate surface area is 101 Å². The molecule has 0 spiro atoms. The highest BCUT2D eigenvalue weighted by atomic mass is 16.3. The number of nitrogens with zero attached hydrogens (tertiary/aromatic N) is 2. The Morgan fingerprint density at radius 2 is 2.28 bits per heavy atom. The topological polar surface area (TPSA) is 122 Å². The fourth-order valence-electron chi connectivity index (χ4n) is 1.45.